The summed E-state index contributed by atoms with van der Waals surface area (Å²) in [6, 6.07) is 5.32. The highest BCUT2D eigenvalue weighted by molar-refractivity contribution is 6.46. The van der Waals surface area contributed by atoms with E-state index in [1.807, 2.05) is 0 Å². The van der Waals surface area contributed by atoms with Gasteiger partial charge >= 0.3 is 6.09 Å². The Bertz CT molecular complexity index is 587. The van der Waals surface area contributed by atoms with Gasteiger partial charge in [-0.15, -0.1) is 0 Å². The molecule has 2 aliphatic heterocycles. The zero-order valence-electron chi connectivity index (χ0n) is 11.0. The summed E-state index contributed by atoms with van der Waals surface area (Å²) in [6.45, 7) is 0.827. The second-order valence-corrected chi connectivity index (χ2v) is 4.80. The Hall–Kier alpha value is -2.44. The molecule has 0 saturated carbocycles. The van der Waals surface area contributed by atoms with Crippen LogP contribution in [0.3, 0.4) is 0 Å². The van der Waals surface area contributed by atoms with Crippen LogP contribution >= 0.6 is 0 Å². The van der Waals surface area contributed by atoms with Crippen LogP contribution in [0.4, 0.5) is 4.79 Å². The summed E-state index contributed by atoms with van der Waals surface area (Å²) in [5.74, 6) is -0.254. The Balaban J connectivity index is 1.86. The summed E-state index contributed by atoms with van der Waals surface area (Å²) in [5, 5.41) is 2.85. The van der Waals surface area contributed by atoms with Gasteiger partial charge in [-0.05, 0) is 12.1 Å². The number of aliphatic imine (C=N–C) groups is 1. The fraction of sp³-hybridized carbons (Fsp3) is 0.385. The largest absolute Gasteiger partial charge is 0.453 e. The number of hydrogen-bond donors (Lipinski definition) is 1. The maximum Gasteiger partial charge on any atom is 0.409 e. The Labute approximate surface area is 115 Å². The lowest BCUT2D eigenvalue weighted by molar-refractivity contribution is -0.115. The summed E-state index contributed by atoms with van der Waals surface area (Å²) >= 11 is 0. The number of pyridine rings is 1. The van der Waals surface area contributed by atoms with Crippen LogP contribution in [0.15, 0.2) is 29.4 Å². The smallest absolute Gasteiger partial charge is 0.409 e. The molecule has 1 N–H and O–H groups in total. The molecule has 0 bridgehead atoms. The summed E-state index contributed by atoms with van der Waals surface area (Å²) in [4.78, 5) is 33.7. The lowest BCUT2D eigenvalue weighted by atomic mass is 10.1. The Kier molecular flexibility index (Phi) is 2.89. The zero-order chi connectivity index (χ0) is 14.2. The van der Waals surface area contributed by atoms with Crippen molar-refractivity contribution < 1.29 is 14.3 Å². The van der Waals surface area contributed by atoms with Crippen LogP contribution in [0, 0.1) is 0 Å². The van der Waals surface area contributed by atoms with Crippen LogP contribution in [0.25, 0.3) is 0 Å². The maximum absolute atomic E-state index is 12.1. The van der Waals surface area contributed by atoms with Crippen molar-refractivity contribution >= 4 is 17.7 Å². The minimum atomic E-state index is -0.738. The first-order valence-electron chi connectivity index (χ1n) is 6.30. The quantitative estimate of drug-likeness (QED) is 0.791. The van der Waals surface area contributed by atoms with Crippen molar-refractivity contribution in [1.82, 2.24) is 15.2 Å². The zero-order valence-corrected chi connectivity index (χ0v) is 11.0. The molecule has 7 nitrogen and oxygen atoms in total. The first kappa shape index (κ1) is 12.6. The molecule has 20 heavy (non-hydrogen) atoms. The molecule has 0 aromatic carbocycles. The number of aromatic nitrogens is 1. The average molecular weight is 274 g/mol. The molecule has 3 heterocycles. The van der Waals surface area contributed by atoms with E-state index in [1.54, 1.807) is 24.4 Å². The highest BCUT2D eigenvalue weighted by Crippen LogP contribution is 2.27. The van der Waals surface area contributed by atoms with E-state index in [4.69, 9.17) is 0 Å². The molecule has 2 aliphatic rings. The summed E-state index contributed by atoms with van der Waals surface area (Å²) < 4.78 is 4.69. The van der Waals surface area contributed by atoms with Crippen molar-refractivity contribution in [3.05, 3.63) is 30.1 Å². The number of hydrogen-bond acceptors (Lipinski definition) is 5. The molecule has 2 amide bonds. The Morgan fingerprint density at radius 3 is 3.05 bits per heavy atom. The van der Waals surface area contributed by atoms with E-state index in [-0.39, 0.29) is 5.91 Å². The predicted molar refractivity (Wildman–Crippen MR) is 70.2 cm³/mol. The SMILES string of the molecule is COC(=O)N1CCC2(C1)N=C(c1ccccn1)C(=O)N2. The van der Waals surface area contributed by atoms with E-state index in [1.165, 1.54) is 12.0 Å². The number of nitrogens with zero attached hydrogens (tertiary/aromatic N) is 3. The fourth-order valence-electron chi connectivity index (χ4n) is 2.51. The van der Waals surface area contributed by atoms with Crippen molar-refractivity contribution in [2.75, 3.05) is 20.2 Å². The predicted octanol–water partition coefficient (Wildman–Crippen LogP) is 0.169. The normalized spacial score (nSPS) is 24.8. The molecule has 1 fully saturated rings. The molecule has 1 saturated heterocycles. The standard InChI is InChI=1S/C13H14N4O3/c1-20-12(19)17-7-5-13(8-17)15-10(11(18)16-13)9-4-2-3-6-14-9/h2-4,6H,5,7-8H2,1H3,(H,16,18). The van der Waals surface area contributed by atoms with Gasteiger partial charge in [0, 0.05) is 19.2 Å². The lowest BCUT2D eigenvalue weighted by Crippen LogP contribution is -2.45. The monoisotopic (exact) mass is 274 g/mol. The third kappa shape index (κ3) is 2.01. The number of carbonyl (C=O) groups is 2. The molecular weight excluding hydrogens is 260 g/mol. The fourth-order valence-corrected chi connectivity index (χ4v) is 2.51. The second kappa shape index (κ2) is 4.59. The molecule has 1 spiro atoms. The number of nitrogens with one attached hydrogen (secondary N) is 1. The van der Waals surface area contributed by atoms with Crippen LogP contribution in [-0.2, 0) is 9.53 Å². The van der Waals surface area contributed by atoms with Crippen molar-refractivity contribution in [2.24, 2.45) is 4.99 Å². The highest BCUT2D eigenvalue weighted by Gasteiger charge is 2.46. The van der Waals surface area contributed by atoms with Gasteiger partial charge in [0.05, 0.1) is 19.3 Å². The minimum Gasteiger partial charge on any atom is -0.453 e. The minimum absolute atomic E-state index is 0.254. The summed E-state index contributed by atoms with van der Waals surface area (Å²) in [7, 11) is 1.34. The van der Waals surface area contributed by atoms with Gasteiger partial charge in [0.25, 0.3) is 5.91 Å². The van der Waals surface area contributed by atoms with Crippen molar-refractivity contribution in [2.45, 2.75) is 12.1 Å². The maximum atomic E-state index is 12.1. The van der Waals surface area contributed by atoms with Gasteiger partial charge in [0.2, 0.25) is 0 Å². The van der Waals surface area contributed by atoms with E-state index in [2.05, 4.69) is 20.0 Å². The average Bonchev–Trinajstić information content (AvgIpc) is 3.03. The van der Waals surface area contributed by atoms with E-state index in [0.717, 1.165) is 0 Å². The van der Waals surface area contributed by atoms with Crippen LogP contribution < -0.4 is 5.32 Å². The molecule has 1 aromatic rings. The van der Waals surface area contributed by atoms with Gasteiger partial charge in [-0.3, -0.25) is 9.78 Å². The molecule has 1 unspecified atom stereocenters. The molecule has 3 rings (SSSR count). The van der Waals surface area contributed by atoms with Crippen molar-refractivity contribution in [3.63, 3.8) is 0 Å². The van der Waals surface area contributed by atoms with Crippen LogP contribution in [0.2, 0.25) is 0 Å². The lowest BCUT2D eigenvalue weighted by Gasteiger charge is -2.20. The first-order chi connectivity index (χ1) is 9.63. The number of methoxy groups -OCH3 is 1. The highest BCUT2D eigenvalue weighted by atomic mass is 16.5. The molecule has 0 aliphatic carbocycles. The third-order valence-corrected chi connectivity index (χ3v) is 3.48. The third-order valence-electron chi connectivity index (χ3n) is 3.48. The number of ether oxygens (including phenoxy) is 1. The second-order valence-electron chi connectivity index (χ2n) is 4.80. The molecule has 104 valence electrons. The van der Waals surface area contributed by atoms with Crippen LogP contribution in [0.1, 0.15) is 12.1 Å². The summed E-state index contributed by atoms with van der Waals surface area (Å²) in [5.41, 5.74) is 0.119. The summed E-state index contributed by atoms with van der Waals surface area (Å²) in [6.07, 6.45) is 1.79. The topological polar surface area (TPSA) is 83.9 Å². The molecule has 1 aromatic heterocycles. The molecule has 7 heteroatoms. The number of likely N-dealkylation sites (tertiary alicyclic amines) is 1. The Morgan fingerprint density at radius 2 is 2.35 bits per heavy atom. The van der Waals surface area contributed by atoms with Crippen LogP contribution in [-0.4, -0.2) is 53.5 Å². The Morgan fingerprint density at radius 1 is 1.50 bits per heavy atom. The van der Waals surface area contributed by atoms with E-state index >= 15 is 0 Å². The van der Waals surface area contributed by atoms with Gasteiger partial charge in [-0.25, -0.2) is 9.79 Å². The molecule has 1 atom stereocenters. The number of amides is 2. The molecular formula is C13H14N4O3. The number of rotatable bonds is 1. The van der Waals surface area contributed by atoms with Gasteiger partial charge in [-0.2, -0.15) is 0 Å². The van der Waals surface area contributed by atoms with Gasteiger partial charge in [-0.1, -0.05) is 6.07 Å². The molecule has 0 radical (unpaired) electrons. The number of carbonyl (C=O) groups excluding carboxylic acids is 2. The van der Waals surface area contributed by atoms with E-state index in [9.17, 15) is 9.59 Å². The van der Waals surface area contributed by atoms with Gasteiger partial charge in [0.1, 0.15) is 0 Å². The van der Waals surface area contributed by atoms with Crippen LogP contribution in [0.5, 0.6) is 0 Å². The van der Waals surface area contributed by atoms with E-state index < -0.39 is 11.8 Å². The van der Waals surface area contributed by atoms with E-state index in [0.29, 0.717) is 30.9 Å². The van der Waals surface area contributed by atoms with Crippen molar-refractivity contribution in [3.8, 4) is 0 Å². The van der Waals surface area contributed by atoms with Gasteiger partial charge in [0.15, 0.2) is 11.4 Å². The van der Waals surface area contributed by atoms with Crippen molar-refractivity contribution in [1.29, 1.82) is 0 Å². The first-order valence-corrected chi connectivity index (χ1v) is 6.30. The van der Waals surface area contributed by atoms with Gasteiger partial charge < -0.3 is 15.0 Å².